The Morgan fingerprint density at radius 2 is 2.00 bits per heavy atom. The minimum absolute atomic E-state index is 0.181. The maximum Gasteiger partial charge on any atom is 0.349 e. The summed E-state index contributed by atoms with van der Waals surface area (Å²) in [5.74, 6) is -0.747. The van der Waals surface area contributed by atoms with E-state index >= 15 is 0 Å². The lowest BCUT2D eigenvalue weighted by Gasteiger charge is -2.12. The molecule has 0 bridgehead atoms. The van der Waals surface area contributed by atoms with Crippen molar-refractivity contribution < 1.29 is 18.7 Å². The Labute approximate surface area is 157 Å². The van der Waals surface area contributed by atoms with Gasteiger partial charge in [0.25, 0.3) is 5.91 Å². The van der Waals surface area contributed by atoms with E-state index < -0.39 is 18.5 Å². The van der Waals surface area contributed by atoms with Crippen molar-refractivity contribution in [2.75, 3.05) is 25.6 Å². The Balaban J connectivity index is 1.92. The number of anilines is 1. The summed E-state index contributed by atoms with van der Waals surface area (Å²) in [6.07, 6.45) is 2.93. The molecule has 0 saturated carbocycles. The van der Waals surface area contributed by atoms with Gasteiger partial charge < -0.3 is 19.4 Å². The molecule has 0 saturated heterocycles. The lowest BCUT2D eigenvalue weighted by Crippen LogP contribution is -2.31. The van der Waals surface area contributed by atoms with E-state index in [1.54, 1.807) is 37.3 Å². The second-order valence-corrected chi connectivity index (χ2v) is 6.04. The molecule has 0 aliphatic rings. The fourth-order valence-corrected chi connectivity index (χ4v) is 2.27. The van der Waals surface area contributed by atoms with Crippen LogP contribution in [0.25, 0.3) is 6.08 Å². The van der Waals surface area contributed by atoms with Gasteiger partial charge in [0.1, 0.15) is 17.4 Å². The molecule has 1 aromatic carbocycles. The van der Waals surface area contributed by atoms with Crippen molar-refractivity contribution in [3.05, 3.63) is 59.6 Å². The largest absolute Gasteiger partial charge is 0.467 e. The van der Waals surface area contributed by atoms with Crippen molar-refractivity contribution >= 4 is 23.6 Å². The smallest absolute Gasteiger partial charge is 0.349 e. The molecule has 0 spiro atoms. The molecule has 1 N–H and O–H groups in total. The lowest BCUT2D eigenvalue weighted by molar-refractivity contribution is -0.144. The van der Waals surface area contributed by atoms with Crippen LogP contribution in [-0.4, -0.2) is 32.6 Å². The average Bonchev–Trinajstić information content (AvgIpc) is 3.19. The first-order valence-corrected chi connectivity index (χ1v) is 8.29. The number of ether oxygens (including phenoxy) is 1. The molecule has 0 fully saturated rings. The third-order valence-corrected chi connectivity index (χ3v) is 3.74. The number of hydrogen-bond acceptors (Lipinski definition) is 6. The van der Waals surface area contributed by atoms with Crippen molar-refractivity contribution in [3.8, 4) is 6.07 Å². The number of nitriles is 1. The quantitative estimate of drug-likeness (QED) is 0.459. The van der Waals surface area contributed by atoms with Gasteiger partial charge in [-0.25, -0.2) is 4.79 Å². The summed E-state index contributed by atoms with van der Waals surface area (Å²) >= 11 is 0. The fourth-order valence-electron chi connectivity index (χ4n) is 2.27. The van der Waals surface area contributed by atoms with Crippen LogP contribution in [0.1, 0.15) is 24.3 Å². The third-order valence-electron chi connectivity index (χ3n) is 3.74. The normalized spacial score (nSPS) is 12.0. The maximum atomic E-state index is 12.1. The Morgan fingerprint density at radius 3 is 2.56 bits per heavy atom. The van der Waals surface area contributed by atoms with Crippen molar-refractivity contribution in [2.45, 2.75) is 13.0 Å². The van der Waals surface area contributed by atoms with Crippen molar-refractivity contribution in [2.24, 2.45) is 0 Å². The molecule has 0 aliphatic carbocycles. The molecule has 0 radical (unpaired) electrons. The van der Waals surface area contributed by atoms with Gasteiger partial charge in [0, 0.05) is 19.8 Å². The van der Waals surface area contributed by atoms with Crippen LogP contribution in [0.15, 0.2) is 52.7 Å². The van der Waals surface area contributed by atoms with Crippen molar-refractivity contribution in [1.29, 1.82) is 5.26 Å². The number of benzene rings is 1. The van der Waals surface area contributed by atoms with Gasteiger partial charge in [-0.15, -0.1) is 0 Å². The van der Waals surface area contributed by atoms with Crippen molar-refractivity contribution in [1.82, 2.24) is 5.32 Å². The van der Waals surface area contributed by atoms with Crippen LogP contribution in [0.4, 0.5) is 5.69 Å². The summed E-state index contributed by atoms with van der Waals surface area (Å²) in [6.45, 7) is 1.26. The molecule has 1 amide bonds. The Morgan fingerprint density at radius 1 is 1.30 bits per heavy atom. The first kappa shape index (κ1) is 19.8. The zero-order valence-corrected chi connectivity index (χ0v) is 15.4. The highest BCUT2D eigenvalue weighted by atomic mass is 16.5. The summed E-state index contributed by atoms with van der Waals surface area (Å²) in [5.41, 5.74) is 1.50. The minimum atomic E-state index is -0.852. The number of esters is 1. The van der Waals surface area contributed by atoms with Gasteiger partial charge in [0.05, 0.1) is 12.3 Å². The van der Waals surface area contributed by atoms with E-state index in [2.05, 4.69) is 5.32 Å². The first-order valence-electron chi connectivity index (χ1n) is 8.29. The van der Waals surface area contributed by atoms with Gasteiger partial charge in [0.2, 0.25) is 0 Å². The maximum absolute atomic E-state index is 12.1. The van der Waals surface area contributed by atoms with E-state index in [1.165, 1.54) is 12.3 Å². The SMILES string of the molecule is C[C@H](NC(=O)COC(=O)/C(C#N)=C/c1ccc(N(C)C)cc1)c1ccco1. The van der Waals surface area contributed by atoms with E-state index in [0.717, 1.165) is 5.69 Å². The fraction of sp³-hybridized carbons (Fsp3) is 0.250. The molecular weight excluding hydrogens is 346 g/mol. The second kappa shape index (κ2) is 9.25. The van der Waals surface area contributed by atoms with E-state index in [4.69, 9.17) is 9.15 Å². The second-order valence-electron chi connectivity index (χ2n) is 6.04. The zero-order valence-electron chi connectivity index (χ0n) is 15.4. The number of carbonyl (C=O) groups excluding carboxylic acids is 2. The van der Waals surface area contributed by atoms with Crippen LogP contribution in [0.3, 0.4) is 0 Å². The highest BCUT2D eigenvalue weighted by molar-refractivity contribution is 5.98. The summed E-state index contributed by atoms with van der Waals surface area (Å²) < 4.78 is 10.1. The van der Waals surface area contributed by atoms with E-state index in [9.17, 15) is 14.9 Å². The summed E-state index contributed by atoms with van der Waals surface area (Å²) in [4.78, 5) is 25.9. The molecule has 140 valence electrons. The number of nitrogens with one attached hydrogen (secondary N) is 1. The standard InChI is InChI=1S/C20H21N3O4/c1-14(18-5-4-10-26-18)22-19(24)13-27-20(25)16(12-21)11-15-6-8-17(9-7-15)23(2)3/h4-11,14H,13H2,1-3H3,(H,22,24)/b16-11+/t14-/m0/s1. The number of carbonyl (C=O) groups is 2. The highest BCUT2D eigenvalue weighted by Crippen LogP contribution is 2.15. The summed E-state index contributed by atoms with van der Waals surface area (Å²) in [5, 5.41) is 11.8. The van der Waals surface area contributed by atoms with Crippen LogP contribution in [0.5, 0.6) is 0 Å². The van der Waals surface area contributed by atoms with Gasteiger partial charge in [-0.1, -0.05) is 12.1 Å². The van der Waals surface area contributed by atoms with Crippen LogP contribution >= 0.6 is 0 Å². The number of nitrogens with zero attached hydrogens (tertiary/aromatic N) is 2. The molecule has 0 aliphatic heterocycles. The van der Waals surface area contributed by atoms with Gasteiger partial charge in [-0.05, 0) is 42.8 Å². The average molecular weight is 367 g/mol. The lowest BCUT2D eigenvalue weighted by atomic mass is 10.1. The number of furan rings is 1. The third kappa shape index (κ3) is 5.75. The van der Waals surface area contributed by atoms with Gasteiger partial charge in [-0.2, -0.15) is 5.26 Å². The molecule has 2 aromatic rings. The van der Waals surface area contributed by atoms with E-state index in [1.807, 2.05) is 31.1 Å². The molecule has 0 unspecified atom stereocenters. The number of amides is 1. The summed E-state index contributed by atoms with van der Waals surface area (Å²) in [6, 6.07) is 12.2. The minimum Gasteiger partial charge on any atom is -0.467 e. The molecule has 1 atom stereocenters. The van der Waals surface area contributed by atoms with Gasteiger partial charge >= 0.3 is 5.97 Å². The predicted molar refractivity (Wildman–Crippen MR) is 101 cm³/mol. The molecule has 1 aromatic heterocycles. The van der Waals surface area contributed by atoms with Crippen LogP contribution in [0.2, 0.25) is 0 Å². The van der Waals surface area contributed by atoms with Gasteiger partial charge in [0.15, 0.2) is 6.61 Å². The van der Waals surface area contributed by atoms with Crippen molar-refractivity contribution in [3.63, 3.8) is 0 Å². The molecular formula is C20H21N3O4. The molecule has 7 heteroatoms. The molecule has 27 heavy (non-hydrogen) atoms. The zero-order chi connectivity index (χ0) is 19.8. The van der Waals surface area contributed by atoms with E-state index in [0.29, 0.717) is 11.3 Å². The topological polar surface area (TPSA) is 95.6 Å². The Kier molecular flexibility index (Phi) is 6.78. The van der Waals surface area contributed by atoms with Crippen LogP contribution in [0, 0.1) is 11.3 Å². The number of rotatable bonds is 7. The molecule has 7 nitrogen and oxygen atoms in total. The van der Waals surface area contributed by atoms with Crippen LogP contribution in [-0.2, 0) is 14.3 Å². The van der Waals surface area contributed by atoms with Gasteiger partial charge in [-0.3, -0.25) is 4.79 Å². The monoisotopic (exact) mass is 367 g/mol. The Hall–Kier alpha value is -3.53. The Bertz CT molecular complexity index is 846. The molecule has 1 heterocycles. The van der Waals surface area contributed by atoms with Crippen LogP contribution < -0.4 is 10.2 Å². The molecule has 2 rings (SSSR count). The van der Waals surface area contributed by atoms with E-state index in [-0.39, 0.29) is 11.6 Å². The highest BCUT2D eigenvalue weighted by Gasteiger charge is 2.16. The predicted octanol–water partition coefficient (Wildman–Crippen LogP) is 2.67. The summed E-state index contributed by atoms with van der Waals surface area (Å²) in [7, 11) is 3.83. The first-order chi connectivity index (χ1) is 12.9. The number of hydrogen-bond donors (Lipinski definition) is 1.